The van der Waals surface area contributed by atoms with Gasteiger partial charge in [-0.1, -0.05) is 74.9 Å². The van der Waals surface area contributed by atoms with E-state index in [0.29, 0.717) is 48.7 Å². The van der Waals surface area contributed by atoms with Crippen molar-refractivity contribution in [3.05, 3.63) is 120 Å². The van der Waals surface area contributed by atoms with Crippen molar-refractivity contribution >= 4 is 47.2 Å². The molecule has 1 fully saturated rings. The number of unbranched alkanes of at least 4 members (excludes halogenated alkanes) is 8. The molecule has 1 aliphatic heterocycles. The maximum Gasteiger partial charge on any atom is 0.410 e. The molecule has 5 atom stereocenters. The molecule has 1 heterocycles. The maximum atomic E-state index is 12.9. The van der Waals surface area contributed by atoms with Crippen LogP contribution in [0.5, 0.6) is 11.5 Å². The number of ether oxygens (including phenoxy) is 4. The number of carbonyl (C=O) groups excluding carboxylic acids is 6. The highest BCUT2D eigenvalue weighted by atomic mass is 16.7. The molecule has 21 heteroatoms. The Morgan fingerprint density at radius 3 is 1.31 bits per heavy atom. The zero-order valence-electron chi connectivity index (χ0n) is 48.9. The van der Waals surface area contributed by atoms with E-state index in [1.807, 2.05) is 57.2 Å². The van der Waals surface area contributed by atoms with Gasteiger partial charge in [-0.05, 0) is 140 Å². The highest BCUT2D eigenvalue weighted by Gasteiger charge is 2.44. The molecule has 456 valence electrons. The summed E-state index contributed by atoms with van der Waals surface area (Å²) in [6.45, 7) is 12.9. The van der Waals surface area contributed by atoms with E-state index in [9.17, 15) is 54.3 Å². The fraction of sp³-hybridized carbons (Fsp3) is 0.516. The van der Waals surface area contributed by atoms with Crippen LogP contribution in [0.3, 0.4) is 0 Å². The van der Waals surface area contributed by atoms with Gasteiger partial charge in [-0.3, -0.25) is 19.2 Å². The van der Waals surface area contributed by atoms with Gasteiger partial charge in [-0.25, -0.2) is 9.59 Å². The second-order valence-corrected chi connectivity index (χ2v) is 22.2. The molecule has 0 aromatic heterocycles. The topological polar surface area (TPSA) is 295 Å². The van der Waals surface area contributed by atoms with Gasteiger partial charge in [0.05, 0.1) is 6.61 Å². The van der Waals surface area contributed by atoms with Crippen molar-refractivity contribution in [1.82, 2.24) is 20.4 Å². The number of hydrogen-bond acceptors (Lipinski definition) is 15. The molecule has 0 saturated carbocycles. The minimum atomic E-state index is -1.56. The number of aliphatic hydroxyl groups is 4. The third-order valence-electron chi connectivity index (χ3n) is 12.8. The van der Waals surface area contributed by atoms with Crippen LogP contribution in [0.2, 0.25) is 0 Å². The number of aromatic hydroxyl groups is 1. The minimum Gasteiger partial charge on any atom is -0.508 e. The van der Waals surface area contributed by atoms with Crippen LogP contribution >= 0.6 is 0 Å². The first kappa shape index (κ1) is 68.2. The van der Waals surface area contributed by atoms with Gasteiger partial charge in [0, 0.05) is 74.6 Å². The lowest BCUT2D eigenvalue weighted by Gasteiger charge is -2.39. The van der Waals surface area contributed by atoms with Crippen LogP contribution in [0.15, 0.2) is 109 Å². The summed E-state index contributed by atoms with van der Waals surface area (Å²) < 4.78 is 22.0. The monoisotopic (exact) mass is 1160 g/mol. The summed E-state index contributed by atoms with van der Waals surface area (Å²) in [7, 11) is 0. The molecule has 0 bridgehead atoms. The van der Waals surface area contributed by atoms with Crippen LogP contribution in [0, 0.1) is 0 Å². The number of hydrogen-bond donors (Lipinski definition) is 9. The Morgan fingerprint density at radius 2 is 0.904 bits per heavy atom. The average molecular weight is 1160 g/mol. The van der Waals surface area contributed by atoms with E-state index in [0.717, 1.165) is 64.2 Å². The number of nitrogens with one attached hydrogen (secondary N) is 4. The Morgan fingerprint density at radius 1 is 0.506 bits per heavy atom. The molecule has 9 N–H and O–H groups in total. The van der Waals surface area contributed by atoms with Crippen LogP contribution in [-0.4, -0.2) is 159 Å². The molecule has 0 spiro atoms. The summed E-state index contributed by atoms with van der Waals surface area (Å²) in [5.41, 5.74) is 1.06. The zero-order chi connectivity index (χ0) is 60.8. The molecule has 21 nitrogen and oxygen atoms in total. The normalized spacial score (nSPS) is 16.7. The van der Waals surface area contributed by atoms with E-state index in [1.165, 1.54) is 24.3 Å². The molecular formula is C62H88N6O15. The quantitative estimate of drug-likeness (QED) is 0.0183. The van der Waals surface area contributed by atoms with Gasteiger partial charge in [0.1, 0.15) is 47.1 Å². The van der Waals surface area contributed by atoms with Gasteiger partial charge in [0.15, 0.2) is 0 Å². The molecule has 0 unspecified atom stereocenters. The number of amides is 6. The molecule has 0 radical (unpaired) electrons. The number of phenolic OH excluding ortho intramolecular Hbond substituents is 1. The van der Waals surface area contributed by atoms with Gasteiger partial charge >= 0.3 is 12.2 Å². The minimum absolute atomic E-state index is 0.0451. The van der Waals surface area contributed by atoms with Crippen molar-refractivity contribution in [1.29, 1.82) is 0 Å². The molecule has 6 amide bonds. The maximum absolute atomic E-state index is 12.9. The highest BCUT2D eigenvalue weighted by Crippen LogP contribution is 2.26. The predicted octanol–water partition coefficient (Wildman–Crippen LogP) is 8.15. The van der Waals surface area contributed by atoms with Crippen LogP contribution in [0.1, 0.15) is 139 Å². The van der Waals surface area contributed by atoms with Crippen molar-refractivity contribution in [2.45, 2.75) is 161 Å². The average Bonchev–Trinajstić information content (AvgIpc) is 3.47. The first-order chi connectivity index (χ1) is 39.5. The largest absolute Gasteiger partial charge is 0.508 e. The zero-order valence-corrected chi connectivity index (χ0v) is 48.9. The number of benzene rings is 4. The van der Waals surface area contributed by atoms with E-state index in [-0.39, 0.29) is 61.1 Å². The Hall–Kier alpha value is -7.30. The second-order valence-electron chi connectivity index (χ2n) is 22.2. The lowest BCUT2D eigenvalue weighted by molar-refractivity contribution is -0.277. The molecule has 5 rings (SSSR count). The number of anilines is 2. The van der Waals surface area contributed by atoms with Crippen molar-refractivity contribution in [2.75, 3.05) is 56.5 Å². The lowest BCUT2D eigenvalue weighted by atomic mass is 9.99. The molecule has 1 aliphatic rings. The molecule has 83 heavy (non-hydrogen) atoms. The van der Waals surface area contributed by atoms with Crippen LogP contribution in [-0.2, 0) is 23.8 Å². The highest BCUT2D eigenvalue weighted by molar-refractivity contribution is 5.95. The number of rotatable bonds is 29. The SMILES string of the molecule is CC(C)(C)OC(=O)N(CCCCCCCNC(=O)c1ccccc1)CCC(=O)Nc1ccc(O)cc1.CC(C)(C)OC(=O)N(CCCCCCCNC(=O)c1ccccc1)CCC(=O)Nc1ccc(O[C@H]2O[C@H](CO)[C@@H](O)[C@H](O)[C@H]2O)cc1. The van der Waals surface area contributed by atoms with Gasteiger partial charge in [-0.2, -0.15) is 0 Å². The van der Waals surface area contributed by atoms with Crippen LogP contribution < -0.4 is 26.0 Å². The first-order valence-electron chi connectivity index (χ1n) is 28.6. The molecule has 1 saturated heterocycles. The fourth-order valence-electron chi connectivity index (χ4n) is 8.33. The Kier molecular flexibility index (Phi) is 29.3. The van der Waals surface area contributed by atoms with Gasteiger partial charge in [0.2, 0.25) is 18.1 Å². The molecule has 0 aliphatic carbocycles. The van der Waals surface area contributed by atoms with Crippen LogP contribution in [0.25, 0.3) is 0 Å². The van der Waals surface area contributed by atoms with Gasteiger partial charge < -0.3 is 75.5 Å². The molecule has 4 aromatic carbocycles. The van der Waals surface area contributed by atoms with Crippen LogP contribution in [0.4, 0.5) is 21.0 Å². The fourth-order valence-corrected chi connectivity index (χ4v) is 8.33. The van der Waals surface area contributed by atoms with Gasteiger partial charge in [-0.15, -0.1) is 0 Å². The standard InChI is InChI=1S/C34H49N3O10.C28H39N3O5/c1-34(2,3)47-33(44)37(20-11-6-4-5-10-19-35-31(43)23-12-8-7-9-13-23)21-18-27(39)36-24-14-16-25(17-15-24)45-32-30(42)29(41)28(40)26(22-38)46-32;1-28(2,3)36-27(35)31(21-18-25(33)30-23-14-16-24(32)17-15-23)20-11-6-4-5-10-19-29-26(34)22-12-8-7-9-13-22/h7-9,12-17,26,28-30,32,38,40-42H,4-6,10-11,18-22H2,1-3H3,(H,35,43)(H,36,39);7-9,12-17,32H,4-6,10-11,18-21H2,1-3H3,(H,29,34)(H,30,33)/t26-,28-,29+,30-,32+;/m1./s1. The van der Waals surface area contributed by atoms with E-state index >= 15 is 0 Å². The number of aliphatic hydroxyl groups excluding tert-OH is 4. The van der Waals surface area contributed by atoms with Crippen molar-refractivity contribution in [3.63, 3.8) is 0 Å². The number of nitrogens with zero attached hydrogens (tertiary/aromatic N) is 2. The van der Waals surface area contributed by atoms with E-state index < -0.39 is 60.7 Å². The van der Waals surface area contributed by atoms with E-state index in [1.54, 1.807) is 79.1 Å². The van der Waals surface area contributed by atoms with E-state index in [4.69, 9.17) is 18.9 Å². The second kappa shape index (κ2) is 35.6. The number of phenols is 1. The third-order valence-corrected chi connectivity index (χ3v) is 12.8. The first-order valence-corrected chi connectivity index (χ1v) is 28.6. The summed E-state index contributed by atoms with van der Waals surface area (Å²) in [6.07, 6.45) is 1.24. The van der Waals surface area contributed by atoms with Crippen molar-refractivity contribution in [3.8, 4) is 11.5 Å². The van der Waals surface area contributed by atoms with E-state index in [2.05, 4.69) is 21.3 Å². The summed E-state index contributed by atoms with van der Waals surface area (Å²) in [5, 5.41) is 60.2. The van der Waals surface area contributed by atoms with Crippen molar-refractivity contribution < 1.29 is 73.2 Å². The third kappa shape index (κ3) is 27.1. The summed E-state index contributed by atoms with van der Waals surface area (Å²) in [5.74, 6) is -0.273. The summed E-state index contributed by atoms with van der Waals surface area (Å²) >= 11 is 0. The van der Waals surface area contributed by atoms with Gasteiger partial charge in [0.25, 0.3) is 11.8 Å². The number of carbonyl (C=O) groups is 6. The smallest absolute Gasteiger partial charge is 0.410 e. The Bertz CT molecular complexity index is 2560. The summed E-state index contributed by atoms with van der Waals surface area (Å²) in [6, 6.07) is 30.7. The molecule has 4 aromatic rings. The Balaban J connectivity index is 0.000000370. The summed E-state index contributed by atoms with van der Waals surface area (Å²) in [4.78, 5) is 77.9. The Labute approximate surface area is 488 Å². The lowest BCUT2D eigenvalue weighted by Crippen LogP contribution is -2.60. The van der Waals surface area contributed by atoms with Crippen molar-refractivity contribution in [2.24, 2.45) is 0 Å². The predicted molar refractivity (Wildman–Crippen MR) is 315 cm³/mol. The molecular weight excluding hydrogens is 1070 g/mol.